The summed E-state index contributed by atoms with van der Waals surface area (Å²) in [6.07, 6.45) is 6.58. The van der Waals surface area contributed by atoms with E-state index in [9.17, 15) is 4.79 Å². The van der Waals surface area contributed by atoms with E-state index in [1.165, 1.54) is 18.4 Å². The molecule has 1 heterocycles. The number of fused-ring (bicyclic) bond motifs is 1. The Balaban J connectivity index is 0.00000280. The summed E-state index contributed by atoms with van der Waals surface area (Å²) in [7, 11) is 3.51. The standard InChI is InChI=1S/C21H32N4O2.HI/c1-4-13-22-20(23-15-19(26)25(2)3)24-17-14-21(11-7-8-12-21)27-18-10-6-5-9-16(17)18;/h5-6,9-10,17H,4,7-8,11-15H2,1-3H3,(H2,22,23,24);1H. The Morgan fingerprint density at radius 3 is 2.68 bits per heavy atom. The number of carbonyl (C=O) groups excluding carboxylic acids is 1. The molecule has 7 heteroatoms. The molecule has 1 unspecified atom stereocenters. The molecule has 1 aliphatic carbocycles. The van der Waals surface area contributed by atoms with Crippen molar-refractivity contribution in [3.63, 3.8) is 0 Å². The molecular weight excluding hydrogens is 467 g/mol. The van der Waals surface area contributed by atoms with Crippen LogP contribution >= 0.6 is 24.0 Å². The van der Waals surface area contributed by atoms with Gasteiger partial charge in [-0.3, -0.25) is 4.79 Å². The van der Waals surface area contributed by atoms with Gasteiger partial charge in [0.2, 0.25) is 5.91 Å². The highest BCUT2D eigenvalue weighted by atomic mass is 127. The van der Waals surface area contributed by atoms with Gasteiger partial charge in [-0.1, -0.05) is 25.1 Å². The van der Waals surface area contributed by atoms with Crippen LogP contribution in [-0.4, -0.2) is 49.6 Å². The van der Waals surface area contributed by atoms with E-state index in [0.29, 0.717) is 5.96 Å². The third-order valence-corrected chi connectivity index (χ3v) is 5.44. The minimum Gasteiger partial charge on any atom is -0.487 e. The van der Waals surface area contributed by atoms with Crippen molar-refractivity contribution in [1.82, 2.24) is 15.5 Å². The predicted octanol–water partition coefficient (Wildman–Crippen LogP) is 3.47. The second kappa shape index (κ2) is 10.3. The first-order valence-electron chi connectivity index (χ1n) is 10.1. The number of benzene rings is 1. The first kappa shape index (κ1) is 22.8. The molecule has 1 aromatic carbocycles. The lowest BCUT2D eigenvalue weighted by Crippen LogP contribution is -2.47. The number of hydrogen-bond acceptors (Lipinski definition) is 3. The van der Waals surface area contributed by atoms with Gasteiger partial charge < -0.3 is 20.3 Å². The average molecular weight is 500 g/mol. The number of guanidine groups is 1. The molecule has 0 bridgehead atoms. The third kappa shape index (κ3) is 5.52. The second-order valence-corrected chi connectivity index (χ2v) is 7.81. The monoisotopic (exact) mass is 500 g/mol. The van der Waals surface area contributed by atoms with E-state index >= 15 is 0 Å². The fourth-order valence-corrected chi connectivity index (χ4v) is 3.92. The Morgan fingerprint density at radius 2 is 2.00 bits per heavy atom. The molecule has 2 aliphatic rings. The SMILES string of the molecule is CCCNC(=NCC(=O)N(C)C)NC1CC2(CCCC2)Oc2ccccc21.I. The third-order valence-electron chi connectivity index (χ3n) is 5.44. The average Bonchev–Trinajstić information content (AvgIpc) is 3.10. The predicted molar refractivity (Wildman–Crippen MR) is 123 cm³/mol. The molecule has 28 heavy (non-hydrogen) atoms. The fraction of sp³-hybridized carbons (Fsp3) is 0.619. The normalized spacial score (nSPS) is 20.0. The van der Waals surface area contributed by atoms with E-state index < -0.39 is 0 Å². The van der Waals surface area contributed by atoms with E-state index in [1.54, 1.807) is 19.0 Å². The summed E-state index contributed by atoms with van der Waals surface area (Å²) in [5, 5.41) is 6.93. The van der Waals surface area contributed by atoms with Gasteiger partial charge >= 0.3 is 0 Å². The number of amides is 1. The van der Waals surface area contributed by atoms with Crippen LogP contribution in [0.1, 0.15) is 57.1 Å². The molecule has 0 aromatic heterocycles. The van der Waals surface area contributed by atoms with Gasteiger partial charge in [-0.05, 0) is 38.2 Å². The molecule has 1 amide bonds. The highest BCUT2D eigenvalue weighted by molar-refractivity contribution is 14.0. The van der Waals surface area contributed by atoms with Gasteiger partial charge in [-0.25, -0.2) is 4.99 Å². The zero-order valence-electron chi connectivity index (χ0n) is 17.2. The lowest BCUT2D eigenvalue weighted by Gasteiger charge is -2.40. The Hall–Kier alpha value is -1.51. The van der Waals surface area contributed by atoms with E-state index in [4.69, 9.17) is 4.74 Å². The Labute approximate surface area is 185 Å². The van der Waals surface area contributed by atoms with Crippen LogP contribution in [0, 0.1) is 0 Å². The van der Waals surface area contributed by atoms with Gasteiger partial charge in [0, 0.05) is 32.6 Å². The summed E-state index contributed by atoms with van der Waals surface area (Å²) in [6, 6.07) is 8.40. The van der Waals surface area contributed by atoms with Crippen LogP contribution in [0.3, 0.4) is 0 Å². The number of halogens is 1. The molecular formula is C21H33IN4O2. The lowest BCUT2D eigenvalue weighted by atomic mass is 9.86. The van der Waals surface area contributed by atoms with Gasteiger partial charge in [0.1, 0.15) is 17.9 Å². The van der Waals surface area contributed by atoms with E-state index in [2.05, 4.69) is 40.7 Å². The van der Waals surface area contributed by atoms with Crippen LogP contribution in [0.5, 0.6) is 5.75 Å². The summed E-state index contributed by atoms with van der Waals surface area (Å²) in [5.74, 6) is 1.66. The van der Waals surface area contributed by atoms with Crippen molar-refractivity contribution < 1.29 is 9.53 Å². The van der Waals surface area contributed by atoms with Crippen molar-refractivity contribution in [2.75, 3.05) is 27.2 Å². The molecule has 1 aromatic rings. The summed E-state index contributed by atoms with van der Waals surface area (Å²) < 4.78 is 6.44. The quantitative estimate of drug-likeness (QED) is 0.369. The maximum absolute atomic E-state index is 12.0. The fourth-order valence-electron chi connectivity index (χ4n) is 3.92. The smallest absolute Gasteiger partial charge is 0.243 e. The number of aliphatic imine (C=N–C) groups is 1. The van der Waals surface area contributed by atoms with Crippen molar-refractivity contribution in [2.24, 2.45) is 4.99 Å². The molecule has 0 saturated heterocycles. The molecule has 156 valence electrons. The minimum absolute atomic E-state index is 0. The van der Waals surface area contributed by atoms with E-state index in [-0.39, 0.29) is 48.1 Å². The van der Waals surface area contributed by atoms with Crippen LogP contribution in [-0.2, 0) is 4.79 Å². The Morgan fingerprint density at radius 1 is 1.29 bits per heavy atom. The summed E-state index contributed by atoms with van der Waals surface area (Å²) in [6.45, 7) is 3.08. The number of likely N-dealkylation sites (N-methyl/N-ethyl adjacent to an activating group) is 1. The molecule has 3 rings (SSSR count). The number of hydrogen-bond donors (Lipinski definition) is 2. The van der Waals surface area contributed by atoms with Crippen molar-refractivity contribution in [3.05, 3.63) is 29.8 Å². The van der Waals surface area contributed by atoms with Gasteiger partial charge in [0.15, 0.2) is 5.96 Å². The molecule has 1 aliphatic heterocycles. The number of rotatable bonds is 5. The van der Waals surface area contributed by atoms with Gasteiger partial charge in [-0.2, -0.15) is 0 Å². The topological polar surface area (TPSA) is 66.0 Å². The highest BCUT2D eigenvalue weighted by Crippen LogP contribution is 2.46. The molecule has 6 nitrogen and oxygen atoms in total. The van der Waals surface area contributed by atoms with Crippen LogP contribution < -0.4 is 15.4 Å². The largest absolute Gasteiger partial charge is 0.487 e. The van der Waals surface area contributed by atoms with Crippen molar-refractivity contribution >= 4 is 35.8 Å². The number of ether oxygens (including phenoxy) is 1. The van der Waals surface area contributed by atoms with Crippen molar-refractivity contribution in [3.8, 4) is 5.75 Å². The zero-order chi connectivity index (χ0) is 19.3. The number of nitrogens with one attached hydrogen (secondary N) is 2. The molecule has 1 fully saturated rings. The van der Waals surface area contributed by atoms with Gasteiger partial charge in [-0.15, -0.1) is 24.0 Å². The molecule has 1 spiro atoms. The zero-order valence-corrected chi connectivity index (χ0v) is 19.5. The second-order valence-electron chi connectivity index (χ2n) is 7.81. The first-order valence-corrected chi connectivity index (χ1v) is 10.1. The van der Waals surface area contributed by atoms with E-state index in [0.717, 1.165) is 38.0 Å². The van der Waals surface area contributed by atoms with Gasteiger partial charge in [0.25, 0.3) is 0 Å². The maximum atomic E-state index is 12.0. The van der Waals surface area contributed by atoms with Crippen molar-refractivity contribution in [1.29, 1.82) is 0 Å². The minimum atomic E-state index is -0.0681. The molecule has 0 radical (unpaired) electrons. The summed E-state index contributed by atoms with van der Waals surface area (Å²) in [4.78, 5) is 18.1. The van der Waals surface area contributed by atoms with Crippen molar-refractivity contribution in [2.45, 2.75) is 57.1 Å². The number of carbonyl (C=O) groups is 1. The Bertz CT molecular complexity index is 687. The summed E-state index contributed by atoms with van der Waals surface area (Å²) in [5.41, 5.74) is 1.10. The van der Waals surface area contributed by atoms with Gasteiger partial charge in [0.05, 0.1) is 6.04 Å². The molecule has 1 atom stereocenters. The van der Waals surface area contributed by atoms with Crippen LogP contribution in [0.4, 0.5) is 0 Å². The lowest BCUT2D eigenvalue weighted by molar-refractivity contribution is -0.127. The maximum Gasteiger partial charge on any atom is 0.243 e. The highest BCUT2D eigenvalue weighted by Gasteiger charge is 2.43. The Kier molecular flexibility index (Phi) is 8.39. The van der Waals surface area contributed by atoms with Crippen LogP contribution in [0.15, 0.2) is 29.3 Å². The van der Waals surface area contributed by atoms with Crippen LogP contribution in [0.25, 0.3) is 0 Å². The number of para-hydroxylation sites is 1. The first-order chi connectivity index (χ1) is 13.0. The van der Waals surface area contributed by atoms with E-state index in [1.807, 2.05) is 6.07 Å². The summed E-state index contributed by atoms with van der Waals surface area (Å²) >= 11 is 0. The van der Waals surface area contributed by atoms with Crippen LogP contribution in [0.2, 0.25) is 0 Å². The number of nitrogens with zero attached hydrogens (tertiary/aromatic N) is 2. The molecule has 2 N–H and O–H groups in total. The molecule has 1 saturated carbocycles.